The first kappa shape index (κ1) is 15.7. The molecule has 130 valence electrons. The number of rotatable bonds is 4. The minimum atomic E-state index is 0.494. The predicted molar refractivity (Wildman–Crippen MR) is 103 cm³/mol. The first-order chi connectivity index (χ1) is 12.3. The largest absolute Gasteiger partial charge is 0.355 e. The Morgan fingerprint density at radius 3 is 2.32 bits per heavy atom. The normalized spacial score (nSPS) is 21.5. The van der Waals surface area contributed by atoms with E-state index in [2.05, 4.69) is 34.1 Å². The zero-order valence-corrected chi connectivity index (χ0v) is 15.5. The predicted octanol–water partition coefficient (Wildman–Crippen LogP) is 4.36. The fourth-order valence-corrected chi connectivity index (χ4v) is 5.37. The lowest BCUT2D eigenvalue weighted by Gasteiger charge is -2.39. The molecule has 3 aliphatic rings. The maximum Gasteiger partial charge on any atom is 0.147 e. The molecule has 2 heterocycles. The second-order valence-corrected chi connectivity index (χ2v) is 9.12. The number of hydrogen-bond acceptors (Lipinski definition) is 4. The first-order valence-electron chi connectivity index (χ1n) is 9.56. The minimum Gasteiger partial charge on any atom is -0.355 e. The molecule has 1 aliphatic heterocycles. The van der Waals surface area contributed by atoms with Crippen molar-refractivity contribution >= 4 is 17.6 Å². The summed E-state index contributed by atoms with van der Waals surface area (Å²) in [6, 6.07) is 9.01. The van der Waals surface area contributed by atoms with Gasteiger partial charge in [-0.05, 0) is 61.0 Å². The first-order valence-corrected chi connectivity index (χ1v) is 10.5. The van der Waals surface area contributed by atoms with Crippen molar-refractivity contribution in [1.29, 1.82) is 0 Å². The number of hydrogen-bond donors (Lipinski definition) is 0. The fraction of sp³-hybridized carbons (Fsp3) is 0.524. The molecule has 0 radical (unpaired) electrons. The maximum absolute atomic E-state index is 4.70. The molecular weight excluding hydrogens is 326 g/mol. The molecular formula is C21H25N3S. The highest BCUT2D eigenvalue weighted by Gasteiger charge is 2.39. The van der Waals surface area contributed by atoms with E-state index in [0.717, 1.165) is 29.9 Å². The number of benzene rings is 1. The molecule has 0 unspecified atom stereocenters. The highest BCUT2D eigenvalue weighted by Crippen LogP contribution is 2.45. The highest BCUT2D eigenvalue weighted by atomic mass is 32.2. The third kappa shape index (κ3) is 3.29. The van der Waals surface area contributed by atoms with Gasteiger partial charge in [0, 0.05) is 18.8 Å². The summed E-state index contributed by atoms with van der Waals surface area (Å²) < 4.78 is 0. The van der Waals surface area contributed by atoms with Crippen LogP contribution >= 0.6 is 11.8 Å². The molecule has 1 saturated carbocycles. The third-order valence-corrected chi connectivity index (χ3v) is 7.32. The molecule has 2 aromatic rings. The number of thioether (sulfide) groups is 1. The van der Waals surface area contributed by atoms with Crippen molar-refractivity contribution in [2.24, 2.45) is 11.3 Å². The van der Waals surface area contributed by atoms with Gasteiger partial charge in [-0.1, -0.05) is 24.3 Å². The highest BCUT2D eigenvalue weighted by molar-refractivity contribution is 7.99. The standard InChI is InChI=1S/C21H25N3S/c1-2-4-18-12-21(11-17(18)3-1)7-9-24(10-8-21)19-13-23-20(14-22-19)25-15-16-5-6-16/h1-4,13-14,16H,5-12,15H2. The van der Waals surface area contributed by atoms with Crippen LogP contribution in [0.25, 0.3) is 0 Å². The maximum atomic E-state index is 4.70. The van der Waals surface area contributed by atoms with Crippen molar-refractivity contribution in [2.45, 2.75) is 43.6 Å². The summed E-state index contributed by atoms with van der Waals surface area (Å²) in [6.45, 7) is 2.22. The van der Waals surface area contributed by atoms with Crippen molar-refractivity contribution in [3.63, 3.8) is 0 Å². The van der Waals surface area contributed by atoms with E-state index >= 15 is 0 Å². The average Bonchev–Trinajstić information content (AvgIpc) is 3.41. The van der Waals surface area contributed by atoms with Crippen LogP contribution < -0.4 is 4.90 Å². The van der Waals surface area contributed by atoms with Crippen LogP contribution in [0.5, 0.6) is 0 Å². The van der Waals surface area contributed by atoms with E-state index in [0.29, 0.717) is 5.41 Å². The Balaban J connectivity index is 1.20. The van der Waals surface area contributed by atoms with Gasteiger partial charge < -0.3 is 4.90 Å². The summed E-state index contributed by atoms with van der Waals surface area (Å²) in [5, 5.41) is 1.08. The molecule has 25 heavy (non-hydrogen) atoms. The Morgan fingerprint density at radius 1 is 1.00 bits per heavy atom. The van der Waals surface area contributed by atoms with Gasteiger partial charge in [0.25, 0.3) is 0 Å². The number of nitrogens with zero attached hydrogens (tertiary/aromatic N) is 3. The van der Waals surface area contributed by atoms with Gasteiger partial charge >= 0.3 is 0 Å². The van der Waals surface area contributed by atoms with Gasteiger partial charge in [0.15, 0.2) is 0 Å². The molecule has 2 fully saturated rings. The SMILES string of the molecule is c1ccc2c(c1)CC1(CCN(c3cnc(SCC4CC4)cn3)CC1)C2. The van der Waals surface area contributed by atoms with Gasteiger partial charge in [0.05, 0.1) is 12.4 Å². The van der Waals surface area contributed by atoms with E-state index in [4.69, 9.17) is 4.98 Å². The van der Waals surface area contributed by atoms with Crippen molar-refractivity contribution < 1.29 is 0 Å². The lowest BCUT2D eigenvalue weighted by Crippen LogP contribution is -2.41. The van der Waals surface area contributed by atoms with Crippen molar-refractivity contribution in [1.82, 2.24) is 9.97 Å². The van der Waals surface area contributed by atoms with E-state index in [1.165, 1.54) is 44.3 Å². The molecule has 5 rings (SSSR count). The topological polar surface area (TPSA) is 29.0 Å². The Morgan fingerprint density at radius 2 is 1.72 bits per heavy atom. The second kappa shape index (κ2) is 6.31. The fourth-order valence-electron chi connectivity index (χ4n) is 4.37. The Bertz CT molecular complexity index is 719. The Labute approximate surface area is 154 Å². The monoisotopic (exact) mass is 351 g/mol. The summed E-state index contributed by atoms with van der Waals surface area (Å²) in [5.41, 5.74) is 3.65. The van der Waals surface area contributed by atoms with Crippen LogP contribution in [0.3, 0.4) is 0 Å². The van der Waals surface area contributed by atoms with Crippen LogP contribution in [0.4, 0.5) is 5.82 Å². The van der Waals surface area contributed by atoms with Gasteiger partial charge in [-0.15, -0.1) is 11.8 Å². The van der Waals surface area contributed by atoms with Crippen LogP contribution in [0.15, 0.2) is 41.7 Å². The summed E-state index contributed by atoms with van der Waals surface area (Å²) in [5.74, 6) is 3.20. The van der Waals surface area contributed by atoms with Crippen molar-refractivity contribution in [3.05, 3.63) is 47.8 Å². The molecule has 3 nitrogen and oxygen atoms in total. The van der Waals surface area contributed by atoms with E-state index in [1.807, 2.05) is 24.2 Å². The van der Waals surface area contributed by atoms with Gasteiger partial charge in [0.2, 0.25) is 0 Å². The van der Waals surface area contributed by atoms with E-state index in [9.17, 15) is 0 Å². The average molecular weight is 352 g/mol. The summed E-state index contributed by atoms with van der Waals surface area (Å²) in [6.07, 6.45) is 11.8. The van der Waals surface area contributed by atoms with E-state index in [1.54, 1.807) is 11.1 Å². The van der Waals surface area contributed by atoms with Crippen LogP contribution in [0, 0.1) is 11.3 Å². The zero-order valence-electron chi connectivity index (χ0n) is 14.7. The molecule has 0 atom stereocenters. The summed E-state index contributed by atoms with van der Waals surface area (Å²) in [7, 11) is 0. The smallest absolute Gasteiger partial charge is 0.147 e. The van der Waals surface area contributed by atoms with Crippen LogP contribution in [0.2, 0.25) is 0 Å². The molecule has 1 saturated heterocycles. The van der Waals surface area contributed by atoms with Gasteiger partial charge in [-0.2, -0.15) is 0 Å². The lowest BCUT2D eigenvalue weighted by atomic mass is 9.76. The van der Waals surface area contributed by atoms with E-state index < -0.39 is 0 Å². The van der Waals surface area contributed by atoms with Gasteiger partial charge in [-0.25, -0.2) is 9.97 Å². The number of aromatic nitrogens is 2. The van der Waals surface area contributed by atoms with Crippen molar-refractivity contribution in [3.8, 4) is 0 Å². The number of anilines is 1. The molecule has 1 spiro atoms. The van der Waals surface area contributed by atoms with E-state index in [-0.39, 0.29) is 0 Å². The molecule has 0 amide bonds. The van der Waals surface area contributed by atoms with Crippen LogP contribution in [0.1, 0.15) is 36.8 Å². The Kier molecular flexibility index (Phi) is 3.96. The lowest BCUT2D eigenvalue weighted by molar-refractivity contribution is 0.232. The molecule has 0 N–H and O–H groups in total. The second-order valence-electron chi connectivity index (χ2n) is 8.08. The van der Waals surface area contributed by atoms with Gasteiger partial charge in [0.1, 0.15) is 10.8 Å². The molecule has 2 aliphatic carbocycles. The van der Waals surface area contributed by atoms with Gasteiger partial charge in [-0.3, -0.25) is 0 Å². The molecule has 1 aromatic carbocycles. The number of fused-ring (bicyclic) bond motifs is 1. The summed E-state index contributed by atoms with van der Waals surface area (Å²) in [4.78, 5) is 11.8. The molecule has 0 bridgehead atoms. The minimum absolute atomic E-state index is 0.494. The Hall–Kier alpha value is -1.55. The molecule has 4 heteroatoms. The van der Waals surface area contributed by atoms with Crippen molar-refractivity contribution in [2.75, 3.05) is 23.7 Å². The zero-order chi connectivity index (χ0) is 16.7. The number of piperidine rings is 1. The molecule has 1 aromatic heterocycles. The quantitative estimate of drug-likeness (QED) is 0.765. The van der Waals surface area contributed by atoms with Crippen LogP contribution in [-0.2, 0) is 12.8 Å². The third-order valence-electron chi connectivity index (χ3n) is 6.18. The van der Waals surface area contributed by atoms with Crippen LogP contribution in [-0.4, -0.2) is 28.8 Å². The summed E-state index contributed by atoms with van der Waals surface area (Å²) >= 11 is 1.86.